The van der Waals surface area contributed by atoms with Gasteiger partial charge in [0, 0.05) is 38.1 Å². The molecule has 2 aromatic heterocycles. The molecule has 1 saturated heterocycles. The van der Waals surface area contributed by atoms with E-state index in [2.05, 4.69) is 32.8 Å². The Kier molecular flexibility index (Phi) is 4.72. The smallest absolute Gasteiger partial charge is 0.229 e. The second-order valence-electron chi connectivity index (χ2n) is 8.32. The minimum atomic E-state index is 0.142. The average Bonchev–Trinajstić information content (AvgIpc) is 3.30. The Morgan fingerprint density at radius 1 is 1.07 bits per heavy atom. The number of hydrogen-bond donors (Lipinski definition) is 0. The van der Waals surface area contributed by atoms with Gasteiger partial charge in [-0.2, -0.15) is 5.10 Å². The van der Waals surface area contributed by atoms with Crippen molar-refractivity contribution < 1.29 is 4.79 Å². The first-order valence-corrected chi connectivity index (χ1v) is 10.4. The van der Waals surface area contributed by atoms with Gasteiger partial charge < -0.3 is 4.90 Å². The van der Waals surface area contributed by atoms with Gasteiger partial charge in [0.25, 0.3) is 0 Å². The molecule has 0 N–H and O–H groups in total. The number of likely N-dealkylation sites (tertiary alicyclic amines) is 1. The van der Waals surface area contributed by atoms with E-state index >= 15 is 0 Å². The van der Waals surface area contributed by atoms with E-state index in [1.54, 1.807) is 6.20 Å². The van der Waals surface area contributed by atoms with Crippen LogP contribution < -0.4 is 0 Å². The topological polar surface area (TPSA) is 54.3 Å². The molecule has 3 aliphatic rings. The molecule has 0 bridgehead atoms. The standard InChI is InChI=1S/C22H27N5O/c28-22(12-19-7-3-4-8-23-19)26-9-10-27-21(16-26)11-20(24-27)15-25-13-17-5-1-2-6-18(17)14-25/h1-4,7-8,11,17-18H,5-6,9-10,12-16H2/t17-,18+. The number of amides is 1. The van der Waals surface area contributed by atoms with Crippen molar-refractivity contribution in [1.82, 2.24) is 24.6 Å². The fourth-order valence-electron chi connectivity index (χ4n) is 4.86. The predicted molar refractivity (Wildman–Crippen MR) is 106 cm³/mol. The summed E-state index contributed by atoms with van der Waals surface area (Å²) in [7, 11) is 0. The van der Waals surface area contributed by atoms with Gasteiger partial charge in [0.15, 0.2) is 0 Å². The van der Waals surface area contributed by atoms with Gasteiger partial charge in [-0.1, -0.05) is 18.2 Å². The van der Waals surface area contributed by atoms with Gasteiger partial charge in [-0.25, -0.2) is 0 Å². The zero-order valence-corrected chi connectivity index (χ0v) is 16.2. The van der Waals surface area contributed by atoms with Gasteiger partial charge in [0.05, 0.1) is 30.9 Å². The van der Waals surface area contributed by atoms with Crippen molar-refractivity contribution in [2.45, 2.75) is 38.9 Å². The van der Waals surface area contributed by atoms with Crippen LogP contribution in [0.15, 0.2) is 42.6 Å². The predicted octanol–water partition coefficient (Wildman–Crippen LogP) is 2.26. The van der Waals surface area contributed by atoms with Gasteiger partial charge in [-0.05, 0) is 42.9 Å². The largest absolute Gasteiger partial charge is 0.335 e. The molecule has 0 radical (unpaired) electrons. The van der Waals surface area contributed by atoms with E-state index in [0.717, 1.165) is 48.6 Å². The van der Waals surface area contributed by atoms with Crippen LogP contribution in [0.3, 0.4) is 0 Å². The normalized spacial score (nSPS) is 24.2. The van der Waals surface area contributed by atoms with Gasteiger partial charge in [-0.3, -0.25) is 19.4 Å². The summed E-state index contributed by atoms with van der Waals surface area (Å²) in [6.07, 6.45) is 9.26. The fraction of sp³-hybridized carbons (Fsp3) is 0.500. The minimum Gasteiger partial charge on any atom is -0.335 e. The highest BCUT2D eigenvalue weighted by Crippen LogP contribution is 2.33. The van der Waals surface area contributed by atoms with E-state index in [1.807, 2.05) is 23.1 Å². The molecule has 1 aliphatic carbocycles. The number of carbonyl (C=O) groups excluding carboxylic acids is 1. The molecule has 6 nitrogen and oxygen atoms in total. The highest BCUT2D eigenvalue weighted by Gasteiger charge is 2.33. The molecule has 1 amide bonds. The number of carbonyl (C=O) groups is 1. The van der Waals surface area contributed by atoms with E-state index in [9.17, 15) is 4.79 Å². The molecule has 2 aromatic rings. The van der Waals surface area contributed by atoms with E-state index < -0.39 is 0 Å². The van der Waals surface area contributed by atoms with Crippen LogP contribution >= 0.6 is 0 Å². The van der Waals surface area contributed by atoms with Crippen LogP contribution in [0.1, 0.15) is 29.9 Å². The molecule has 28 heavy (non-hydrogen) atoms. The highest BCUT2D eigenvalue weighted by molar-refractivity contribution is 5.78. The quantitative estimate of drug-likeness (QED) is 0.767. The van der Waals surface area contributed by atoms with Gasteiger partial charge in [-0.15, -0.1) is 0 Å². The summed E-state index contributed by atoms with van der Waals surface area (Å²) in [6.45, 7) is 5.44. The number of pyridine rings is 1. The third kappa shape index (κ3) is 3.61. The number of rotatable bonds is 4. The van der Waals surface area contributed by atoms with Crippen molar-refractivity contribution in [2.75, 3.05) is 19.6 Å². The second kappa shape index (κ2) is 7.51. The fourth-order valence-corrected chi connectivity index (χ4v) is 4.86. The van der Waals surface area contributed by atoms with Crippen molar-refractivity contribution in [3.8, 4) is 0 Å². The van der Waals surface area contributed by atoms with Crippen LogP contribution in [0.4, 0.5) is 0 Å². The first-order chi connectivity index (χ1) is 13.7. The van der Waals surface area contributed by atoms with E-state index in [0.29, 0.717) is 13.0 Å². The average molecular weight is 377 g/mol. The Labute approximate surface area is 165 Å². The molecular formula is C22H27N5O. The molecule has 2 atom stereocenters. The molecule has 0 saturated carbocycles. The van der Waals surface area contributed by atoms with E-state index in [1.165, 1.54) is 25.9 Å². The first kappa shape index (κ1) is 17.6. The zero-order chi connectivity index (χ0) is 18.9. The van der Waals surface area contributed by atoms with Crippen LogP contribution in [0.2, 0.25) is 0 Å². The maximum absolute atomic E-state index is 12.6. The third-order valence-corrected chi connectivity index (χ3v) is 6.34. The maximum atomic E-state index is 12.6. The van der Waals surface area contributed by atoms with Crippen LogP contribution in [-0.4, -0.2) is 50.1 Å². The molecule has 146 valence electrons. The van der Waals surface area contributed by atoms with Crippen LogP contribution in [0, 0.1) is 11.8 Å². The van der Waals surface area contributed by atoms with Gasteiger partial charge >= 0.3 is 0 Å². The van der Waals surface area contributed by atoms with Gasteiger partial charge in [0.2, 0.25) is 5.91 Å². The minimum absolute atomic E-state index is 0.142. The summed E-state index contributed by atoms with van der Waals surface area (Å²) in [6, 6.07) is 7.91. The summed E-state index contributed by atoms with van der Waals surface area (Å²) in [5, 5.41) is 4.82. The lowest BCUT2D eigenvalue weighted by atomic mass is 9.86. The van der Waals surface area contributed by atoms with Crippen molar-refractivity contribution in [1.29, 1.82) is 0 Å². The number of hydrogen-bond acceptors (Lipinski definition) is 4. The molecule has 4 heterocycles. The summed E-state index contributed by atoms with van der Waals surface area (Å²) in [5.41, 5.74) is 3.12. The monoisotopic (exact) mass is 377 g/mol. The highest BCUT2D eigenvalue weighted by atomic mass is 16.2. The molecule has 5 rings (SSSR count). The Hall–Kier alpha value is -2.47. The third-order valence-electron chi connectivity index (χ3n) is 6.34. The molecule has 1 fully saturated rings. The first-order valence-electron chi connectivity index (χ1n) is 10.4. The number of aromatic nitrogens is 3. The molecule has 2 aliphatic heterocycles. The van der Waals surface area contributed by atoms with Crippen molar-refractivity contribution in [3.63, 3.8) is 0 Å². The molecule has 6 heteroatoms. The summed E-state index contributed by atoms with van der Waals surface area (Å²) >= 11 is 0. The van der Waals surface area contributed by atoms with E-state index in [-0.39, 0.29) is 5.91 Å². The summed E-state index contributed by atoms with van der Waals surface area (Å²) < 4.78 is 2.09. The Balaban J connectivity index is 1.20. The molecule has 0 unspecified atom stereocenters. The lowest BCUT2D eigenvalue weighted by Crippen LogP contribution is -2.39. The molecule has 0 spiro atoms. The van der Waals surface area contributed by atoms with Gasteiger partial charge in [0.1, 0.15) is 0 Å². The summed E-state index contributed by atoms with van der Waals surface area (Å²) in [4.78, 5) is 21.4. The molecular weight excluding hydrogens is 350 g/mol. The second-order valence-corrected chi connectivity index (χ2v) is 8.32. The maximum Gasteiger partial charge on any atom is 0.229 e. The van der Waals surface area contributed by atoms with E-state index in [4.69, 9.17) is 5.10 Å². The van der Waals surface area contributed by atoms with Crippen molar-refractivity contribution >= 4 is 5.91 Å². The van der Waals surface area contributed by atoms with Crippen LogP contribution in [0.25, 0.3) is 0 Å². The Morgan fingerprint density at radius 2 is 1.89 bits per heavy atom. The Morgan fingerprint density at radius 3 is 2.64 bits per heavy atom. The zero-order valence-electron chi connectivity index (χ0n) is 16.2. The number of nitrogens with zero attached hydrogens (tertiary/aromatic N) is 5. The number of allylic oxidation sites excluding steroid dienone is 2. The van der Waals surface area contributed by atoms with Crippen molar-refractivity contribution in [3.05, 3.63) is 59.7 Å². The van der Waals surface area contributed by atoms with Crippen LogP contribution in [0.5, 0.6) is 0 Å². The lowest BCUT2D eigenvalue weighted by Gasteiger charge is -2.27. The lowest BCUT2D eigenvalue weighted by molar-refractivity contribution is -0.132. The Bertz CT molecular complexity index is 858. The SMILES string of the molecule is O=C(Cc1ccccn1)N1CCn2nc(CN3C[C@H]4CC=CC[C@H]4C3)cc2C1. The number of fused-ring (bicyclic) bond motifs is 2. The summed E-state index contributed by atoms with van der Waals surface area (Å²) in [5.74, 6) is 1.78. The van der Waals surface area contributed by atoms with Crippen molar-refractivity contribution in [2.24, 2.45) is 11.8 Å². The van der Waals surface area contributed by atoms with Crippen LogP contribution in [-0.2, 0) is 30.8 Å². The molecule has 0 aromatic carbocycles.